The summed E-state index contributed by atoms with van der Waals surface area (Å²) in [6, 6.07) is 5.87. The van der Waals surface area contributed by atoms with Crippen molar-refractivity contribution in [3.63, 3.8) is 0 Å². The lowest BCUT2D eigenvalue weighted by Crippen LogP contribution is -2.35. The average molecular weight is 330 g/mol. The fraction of sp³-hybridized carbons (Fsp3) is 0.375. The Morgan fingerprint density at radius 2 is 1.75 bits per heavy atom. The molecule has 0 saturated carbocycles. The van der Waals surface area contributed by atoms with Crippen molar-refractivity contribution in [1.29, 1.82) is 0 Å². The zero-order valence-corrected chi connectivity index (χ0v) is 13.8. The highest BCUT2D eigenvalue weighted by atomic mass is 16.2. The second-order valence-electron chi connectivity index (χ2n) is 5.50. The van der Waals surface area contributed by atoms with Crippen molar-refractivity contribution in [3.05, 3.63) is 36.9 Å². The van der Waals surface area contributed by atoms with Crippen molar-refractivity contribution >= 4 is 23.2 Å². The van der Waals surface area contributed by atoms with Crippen LogP contribution in [0.2, 0.25) is 0 Å². The Labute approximate surface area is 140 Å². The Morgan fingerprint density at radius 3 is 2.25 bits per heavy atom. The molecule has 1 aromatic carbocycles. The summed E-state index contributed by atoms with van der Waals surface area (Å²) in [7, 11) is 0. The van der Waals surface area contributed by atoms with Gasteiger partial charge in [0.1, 0.15) is 18.7 Å². The second-order valence-corrected chi connectivity index (χ2v) is 5.50. The number of nitrogens with zero attached hydrogens (tertiary/aromatic N) is 3. The van der Waals surface area contributed by atoms with Crippen LogP contribution in [-0.4, -0.2) is 32.6 Å². The summed E-state index contributed by atoms with van der Waals surface area (Å²) in [5.74, 6) is -0.421. The van der Waals surface area contributed by atoms with Crippen LogP contribution < -0.4 is 16.4 Å². The van der Waals surface area contributed by atoms with E-state index in [0.717, 1.165) is 6.42 Å². The first-order valence-electron chi connectivity index (χ1n) is 7.82. The third kappa shape index (κ3) is 4.63. The van der Waals surface area contributed by atoms with Crippen LogP contribution in [-0.2, 0) is 9.59 Å². The van der Waals surface area contributed by atoms with Crippen molar-refractivity contribution in [1.82, 2.24) is 14.8 Å². The van der Waals surface area contributed by atoms with E-state index in [9.17, 15) is 9.59 Å². The van der Waals surface area contributed by atoms with E-state index in [1.807, 2.05) is 6.92 Å². The standard InChI is InChI=1S/C16H22N6O2/c1-3-4-14(17)16(24)21-13-7-5-12(6-8-13)20-15(23)11(2)22-10-18-9-19-22/h5-11,14H,3-4,17H2,1-2H3,(H,20,23)(H,21,24). The van der Waals surface area contributed by atoms with Crippen LogP contribution >= 0.6 is 0 Å². The predicted octanol–water partition coefficient (Wildman–Crippen LogP) is 1.54. The molecule has 128 valence electrons. The molecule has 0 spiro atoms. The van der Waals surface area contributed by atoms with E-state index in [1.165, 1.54) is 17.3 Å². The number of hydrogen-bond donors (Lipinski definition) is 3. The molecule has 0 radical (unpaired) electrons. The number of nitrogens with two attached hydrogens (primary N) is 1. The molecular weight excluding hydrogens is 308 g/mol. The maximum Gasteiger partial charge on any atom is 0.249 e. The molecule has 2 rings (SSSR count). The van der Waals surface area contributed by atoms with Gasteiger partial charge in [-0.25, -0.2) is 9.67 Å². The van der Waals surface area contributed by atoms with Crippen LogP contribution in [0.4, 0.5) is 11.4 Å². The molecule has 1 aromatic heterocycles. The van der Waals surface area contributed by atoms with Crippen molar-refractivity contribution in [3.8, 4) is 0 Å². The van der Waals surface area contributed by atoms with Crippen molar-refractivity contribution < 1.29 is 9.59 Å². The van der Waals surface area contributed by atoms with Gasteiger partial charge in [0.25, 0.3) is 0 Å². The molecule has 0 aliphatic heterocycles. The van der Waals surface area contributed by atoms with Crippen LogP contribution in [0.5, 0.6) is 0 Å². The van der Waals surface area contributed by atoms with Crippen molar-refractivity contribution in [2.75, 3.05) is 10.6 Å². The summed E-state index contributed by atoms with van der Waals surface area (Å²) in [6.45, 7) is 3.71. The van der Waals surface area contributed by atoms with E-state index >= 15 is 0 Å². The SMILES string of the molecule is CCCC(N)C(=O)Nc1ccc(NC(=O)C(C)n2cncn2)cc1. The Kier molecular flexibility index (Phi) is 6.02. The third-order valence-electron chi connectivity index (χ3n) is 3.57. The third-order valence-corrected chi connectivity index (χ3v) is 3.57. The van der Waals surface area contributed by atoms with E-state index in [2.05, 4.69) is 20.7 Å². The van der Waals surface area contributed by atoms with Gasteiger partial charge in [-0.15, -0.1) is 0 Å². The van der Waals surface area contributed by atoms with Crippen LogP contribution in [0.1, 0.15) is 32.7 Å². The second kappa shape index (κ2) is 8.21. The molecule has 2 atom stereocenters. The minimum Gasteiger partial charge on any atom is -0.325 e. The number of hydrogen-bond acceptors (Lipinski definition) is 5. The first-order chi connectivity index (χ1) is 11.5. The Bertz CT molecular complexity index is 668. The summed E-state index contributed by atoms with van der Waals surface area (Å²) in [5, 5.41) is 9.48. The zero-order chi connectivity index (χ0) is 17.5. The molecule has 2 aromatic rings. The van der Waals surface area contributed by atoms with Gasteiger partial charge in [-0.2, -0.15) is 5.10 Å². The molecule has 8 nitrogen and oxygen atoms in total. The highest BCUT2D eigenvalue weighted by Crippen LogP contribution is 2.15. The maximum atomic E-state index is 12.1. The minimum atomic E-state index is -0.516. The van der Waals surface area contributed by atoms with E-state index < -0.39 is 12.1 Å². The maximum absolute atomic E-state index is 12.1. The highest BCUT2D eigenvalue weighted by molar-refractivity contribution is 5.96. The lowest BCUT2D eigenvalue weighted by Gasteiger charge is -2.13. The fourth-order valence-corrected chi connectivity index (χ4v) is 2.10. The van der Waals surface area contributed by atoms with Crippen molar-refractivity contribution in [2.45, 2.75) is 38.8 Å². The zero-order valence-electron chi connectivity index (χ0n) is 13.8. The number of nitrogens with one attached hydrogen (secondary N) is 2. The number of aromatic nitrogens is 3. The minimum absolute atomic E-state index is 0.206. The fourth-order valence-electron chi connectivity index (χ4n) is 2.10. The first kappa shape index (κ1) is 17.6. The van der Waals surface area contributed by atoms with E-state index in [-0.39, 0.29) is 11.8 Å². The lowest BCUT2D eigenvalue weighted by molar-refractivity contribution is -0.119. The quantitative estimate of drug-likeness (QED) is 0.712. The highest BCUT2D eigenvalue weighted by Gasteiger charge is 2.16. The molecule has 0 saturated heterocycles. The van der Waals surface area contributed by atoms with Gasteiger partial charge >= 0.3 is 0 Å². The van der Waals surface area contributed by atoms with E-state index in [0.29, 0.717) is 17.8 Å². The lowest BCUT2D eigenvalue weighted by atomic mass is 10.1. The van der Waals surface area contributed by atoms with Gasteiger partial charge < -0.3 is 16.4 Å². The predicted molar refractivity (Wildman–Crippen MR) is 91.3 cm³/mol. The molecule has 8 heteroatoms. The number of rotatable bonds is 7. The Morgan fingerprint density at radius 1 is 1.17 bits per heavy atom. The Hall–Kier alpha value is -2.74. The van der Waals surface area contributed by atoms with Gasteiger partial charge in [-0.05, 0) is 37.6 Å². The van der Waals surface area contributed by atoms with Gasteiger partial charge in [-0.3, -0.25) is 9.59 Å². The molecule has 0 aliphatic carbocycles. The molecule has 0 fully saturated rings. The number of anilines is 2. The van der Waals surface area contributed by atoms with Gasteiger partial charge in [0, 0.05) is 11.4 Å². The monoisotopic (exact) mass is 330 g/mol. The molecule has 1 heterocycles. The number of carbonyl (C=O) groups is 2. The van der Waals surface area contributed by atoms with Gasteiger partial charge in [-0.1, -0.05) is 13.3 Å². The molecule has 24 heavy (non-hydrogen) atoms. The summed E-state index contributed by atoms with van der Waals surface area (Å²) in [4.78, 5) is 27.8. The van der Waals surface area contributed by atoms with Crippen LogP contribution in [0, 0.1) is 0 Å². The molecule has 4 N–H and O–H groups in total. The first-order valence-corrected chi connectivity index (χ1v) is 7.82. The van der Waals surface area contributed by atoms with Crippen LogP contribution in [0.25, 0.3) is 0 Å². The average Bonchev–Trinajstić information content (AvgIpc) is 3.10. The summed E-state index contributed by atoms with van der Waals surface area (Å²) in [5.41, 5.74) is 7.03. The van der Waals surface area contributed by atoms with Crippen LogP contribution in [0.3, 0.4) is 0 Å². The van der Waals surface area contributed by atoms with Gasteiger partial charge in [0.05, 0.1) is 6.04 Å². The topological polar surface area (TPSA) is 115 Å². The number of benzene rings is 1. The summed E-state index contributed by atoms with van der Waals surface area (Å²) < 4.78 is 1.47. The molecular formula is C16H22N6O2. The molecule has 0 aliphatic rings. The molecule has 2 amide bonds. The Balaban J connectivity index is 1.92. The number of carbonyl (C=O) groups excluding carboxylic acids is 2. The summed E-state index contributed by atoms with van der Waals surface area (Å²) in [6.07, 6.45) is 4.36. The molecule has 0 bridgehead atoms. The van der Waals surface area contributed by atoms with E-state index in [1.54, 1.807) is 31.2 Å². The van der Waals surface area contributed by atoms with E-state index in [4.69, 9.17) is 5.73 Å². The van der Waals surface area contributed by atoms with Crippen molar-refractivity contribution in [2.24, 2.45) is 5.73 Å². The molecule has 2 unspecified atom stereocenters. The van der Waals surface area contributed by atoms with Crippen LogP contribution in [0.15, 0.2) is 36.9 Å². The normalized spacial score (nSPS) is 13.1. The number of amides is 2. The van der Waals surface area contributed by atoms with Gasteiger partial charge in [0.2, 0.25) is 11.8 Å². The largest absolute Gasteiger partial charge is 0.325 e. The smallest absolute Gasteiger partial charge is 0.249 e. The van der Waals surface area contributed by atoms with Gasteiger partial charge in [0.15, 0.2) is 0 Å². The summed E-state index contributed by atoms with van der Waals surface area (Å²) >= 11 is 0.